The zero-order valence-electron chi connectivity index (χ0n) is 21.1. The summed E-state index contributed by atoms with van der Waals surface area (Å²) in [5, 5.41) is 0. The van der Waals surface area contributed by atoms with Crippen LogP contribution < -0.4 is 0 Å². The highest BCUT2D eigenvalue weighted by Crippen LogP contribution is 2.48. The molecule has 0 heteroatoms. The fourth-order valence-electron chi connectivity index (χ4n) is 7.99. The largest absolute Gasteiger partial charge is 0.0533 e. The molecule has 6 fully saturated rings. The molecule has 0 heterocycles. The molecule has 0 spiro atoms. The third-order valence-electron chi connectivity index (χ3n) is 10.4. The van der Waals surface area contributed by atoms with Gasteiger partial charge in [-0.1, -0.05) is 128 Å². The molecule has 0 aromatic heterocycles. The van der Waals surface area contributed by atoms with Gasteiger partial charge >= 0.3 is 0 Å². The van der Waals surface area contributed by atoms with Crippen LogP contribution in [0.5, 0.6) is 0 Å². The fourth-order valence-corrected chi connectivity index (χ4v) is 7.99. The second-order valence-corrected chi connectivity index (χ2v) is 12.8. The molecule has 4 bridgehead atoms. The molecule has 6 aliphatic rings. The van der Waals surface area contributed by atoms with E-state index in [-0.39, 0.29) is 0 Å². The normalized spacial score (nSPS) is 40.3. The molecular formula is C31H56. The molecule has 0 amide bonds. The van der Waals surface area contributed by atoms with E-state index in [4.69, 9.17) is 0 Å². The van der Waals surface area contributed by atoms with Crippen LogP contribution in [0.15, 0.2) is 0 Å². The van der Waals surface area contributed by atoms with Gasteiger partial charge in [-0.3, -0.25) is 0 Å². The monoisotopic (exact) mass is 428 g/mol. The zero-order chi connectivity index (χ0) is 21.1. The van der Waals surface area contributed by atoms with Crippen LogP contribution in [-0.2, 0) is 0 Å². The number of fused-ring (bicyclic) bond motifs is 1. The number of rotatable bonds is 0. The third kappa shape index (κ3) is 8.37. The van der Waals surface area contributed by atoms with Crippen LogP contribution in [0, 0.1) is 35.5 Å². The quantitative estimate of drug-likeness (QED) is 0.360. The second-order valence-electron chi connectivity index (χ2n) is 12.8. The van der Waals surface area contributed by atoms with Crippen LogP contribution >= 0.6 is 0 Å². The van der Waals surface area contributed by atoms with Crippen LogP contribution in [0.25, 0.3) is 0 Å². The second kappa shape index (κ2) is 13.6. The topological polar surface area (TPSA) is 0 Å². The number of hydrogen-bond acceptors (Lipinski definition) is 0. The average Bonchev–Trinajstić information content (AvgIpc) is 2.74. The van der Waals surface area contributed by atoms with E-state index in [0.29, 0.717) is 0 Å². The van der Waals surface area contributed by atoms with Crippen molar-refractivity contribution in [3.05, 3.63) is 0 Å². The van der Waals surface area contributed by atoms with E-state index in [1.54, 1.807) is 96.3 Å². The lowest BCUT2D eigenvalue weighted by molar-refractivity contribution is 0.0742. The highest BCUT2D eigenvalue weighted by atomic mass is 14.4. The molecule has 0 radical (unpaired) electrons. The Morgan fingerprint density at radius 3 is 1.16 bits per heavy atom. The molecule has 0 aromatic carbocycles. The van der Waals surface area contributed by atoms with E-state index in [0.717, 1.165) is 35.5 Å². The van der Waals surface area contributed by atoms with Crippen LogP contribution in [0.4, 0.5) is 0 Å². The van der Waals surface area contributed by atoms with Crippen LogP contribution in [0.1, 0.15) is 161 Å². The average molecular weight is 429 g/mol. The highest BCUT2D eigenvalue weighted by Gasteiger charge is 2.36. The minimum absolute atomic E-state index is 1.09. The van der Waals surface area contributed by atoms with Gasteiger partial charge in [0.1, 0.15) is 0 Å². The van der Waals surface area contributed by atoms with Gasteiger partial charge in [-0.2, -0.15) is 0 Å². The lowest BCUT2D eigenvalue weighted by atomic mass is 9.62. The summed E-state index contributed by atoms with van der Waals surface area (Å²) >= 11 is 0. The standard InChI is InChI=1S/C31H56/c1-2-4-6-8-10-16-30-21-22-31(30)25-29-23-28(24-29)15-12-11-14-27-19-17-26(18-20-27)13-9-7-5-3-1/h26-31H,1-25H2. The van der Waals surface area contributed by atoms with Gasteiger partial charge in [-0.05, 0) is 67.6 Å². The summed E-state index contributed by atoms with van der Waals surface area (Å²) in [6.07, 6.45) is 38.8. The van der Waals surface area contributed by atoms with E-state index in [2.05, 4.69) is 0 Å². The smallest absolute Gasteiger partial charge is 0.0383 e. The third-order valence-corrected chi connectivity index (χ3v) is 10.4. The Balaban J connectivity index is 1.13. The lowest BCUT2D eigenvalue weighted by Gasteiger charge is -2.44. The summed E-state index contributed by atoms with van der Waals surface area (Å²) in [6.45, 7) is 0. The molecule has 0 nitrogen and oxygen atoms in total. The molecule has 2 atom stereocenters. The van der Waals surface area contributed by atoms with Crippen molar-refractivity contribution >= 4 is 0 Å². The van der Waals surface area contributed by atoms with Crippen molar-refractivity contribution in [2.45, 2.75) is 161 Å². The van der Waals surface area contributed by atoms with Gasteiger partial charge in [0.2, 0.25) is 0 Å². The maximum Gasteiger partial charge on any atom is -0.0383 e. The van der Waals surface area contributed by atoms with Gasteiger partial charge in [0.25, 0.3) is 0 Å². The van der Waals surface area contributed by atoms with Crippen molar-refractivity contribution in [3.8, 4) is 0 Å². The summed E-state index contributed by atoms with van der Waals surface area (Å²) in [5.41, 5.74) is 0. The van der Waals surface area contributed by atoms with Gasteiger partial charge in [0.05, 0.1) is 0 Å². The first kappa shape index (κ1) is 24.1. The molecule has 180 valence electrons. The Morgan fingerprint density at radius 2 is 0.645 bits per heavy atom. The molecule has 0 aliphatic heterocycles. The molecule has 6 saturated carbocycles. The first-order valence-corrected chi connectivity index (χ1v) is 15.4. The molecule has 6 aliphatic carbocycles. The van der Waals surface area contributed by atoms with Crippen molar-refractivity contribution in [1.82, 2.24) is 0 Å². The minimum Gasteiger partial charge on any atom is -0.0533 e. The van der Waals surface area contributed by atoms with E-state index in [1.807, 2.05) is 0 Å². The van der Waals surface area contributed by atoms with Crippen molar-refractivity contribution in [2.75, 3.05) is 0 Å². The maximum absolute atomic E-state index is 1.62. The van der Waals surface area contributed by atoms with Crippen LogP contribution in [-0.4, -0.2) is 0 Å². The molecule has 2 unspecified atom stereocenters. The Bertz CT molecular complexity index is 453. The van der Waals surface area contributed by atoms with E-state index >= 15 is 0 Å². The van der Waals surface area contributed by atoms with Crippen molar-refractivity contribution < 1.29 is 0 Å². The van der Waals surface area contributed by atoms with E-state index in [1.165, 1.54) is 64.2 Å². The van der Waals surface area contributed by atoms with Crippen LogP contribution in [0.3, 0.4) is 0 Å². The lowest BCUT2D eigenvalue weighted by Crippen LogP contribution is -2.32. The summed E-state index contributed by atoms with van der Waals surface area (Å²) < 4.78 is 0. The van der Waals surface area contributed by atoms with Gasteiger partial charge in [0, 0.05) is 0 Å². The Labute approximate surface area is 196 Å². The van der Waals surface area contributed by atoms with Crippen LogP contribution in [0.2, 0.25) is 0 Å². The number of hydrogen-bond donors (Lipinski definition) is 0. The van der Waals surface area contributed by atoms with Gasteiger partial charge in [-0.25, -0.2) is 0 Å². The Morgan fingerprint density at radius 1 is 0.226 bits per heavy atom. The first-order valence-electron chi connectivity index (χ1n) is 15.4. The first-order chi connectivity index (χ1) is 15.4. The Hall–Kier alpha value is 0. The van der Waals surface area contributed by atoms with Gasteiger partial charge < -0.3 is 0 Å². The summed E-state index contributed by atoms with van der Waals surface area (Å²) in [5.74, 6) is 6.72. The Kier molecular flexibility index (Phi) is 10.6. The summed E-state index contributed by atoms with van der Waals surface area (Å²) in [4.78, 5) is 0. The van der Waals surface area contributed by atoms with Gasteiger partial charge in [-0.15, -0.1) is 0 Å². The van der Waals surface area contributed by atoms with Crippen molar-refractivity contribution in [1.29, 1.82) is 0 Å². The molecule has 31 heavy (non-hydrogen) atoms. The minimum atomic E-state index is 1.09. The molecule has 0 aromatic rings. The SMILES string of the molecule is C1CCCCCCC2CCC2CC2CC(CCCCC3CCC(CCCCC1)CC3)C2. The zero-order valence-corrected chi connectivity index (χ0v) is 21.1. The predicted molar refractivity (Wildman–Crippen MR) is 136 cm³/mol. The summed E-state index contributed by atoms with van der Waals surface area (Å²) in [6, 6.07) is 0. The molecule has 6 rings (SSSR count). The highest BCUT2D eigenvalue weighted by molar-refractivity contribution is 4.87. The molecule has 0 N–H and O–H groups in total. The van der Waals surface area contributed by atoms with E-state index < -0.39 is 0 Å². The predicted octanol–water partition coefficient (Wildman–Crippen LogP) is 10.5. The van der Waals surface area contributed by atoms with Crippen molar-refractivity contribution in [3.63, 3.8) is 0 Å². The van der Waals surface area contributed by atoms with Crippen molar-refractivity contribution in [2.24, 2.45) is 35.5 Å². The fraction of sp³-hybridized carbons (Fsp3) is 1.00. The summed E-state index contributed by atoms with van der Waals surface area (Å²) in [7, 11) is 0. The van der Waals surface area contributed by atoms with E-state index in [9.17, 15) is 0 Å². The van der Waals surface area contributed by atoms with Gasteiger partial charge in [0.15, 0.2) is 0 Å². The maximum atomic E-state index is 1.62. The molecular weight excluding hydrogens is 372 g/mol. The molecule has 0 saturated heterocycles.